The standard InChI is InChI=1S/C62H77Cl2F4N9O8/c1-73(2)36-55-70-35-53(75(55)4)42-21-26-48(27-22-42)85-54-32-46(64)25-20-43(54)34-69-50(16-12-28-77-38-61(65,66)62(67,68)39-77)58(81)72-51(37-84-6)60(83)74(3)47(30-41-18-23-45(63)24-19-41)33-56(78)71-49-15-10-11-17-52(49)76(5)59(82)44(31-57(79)80)29-40-13-8-7-9-14-40/h7-9,13-14,18-27,32,35,44,47,49-52,69H,10-12,15-17,28-31,33-34,36-39H2,1-6H3,(H,71,78)(H,72,81)(H,79,80)/t44?,47?,49-,50?,51?,52-/m0/s1. The quantitative estimate of drug-likeness (QED) is 0.0333. The Balaban J connectivity index is 1.07. The maximum absolute atomic E-state index is 14.8. The molecule has 4 N–H and O–H groups in total. The summed E-state index contributed by atoms with van der Waals surface area (Å²) >= 11 is 12.7. The number of carboxylic acids is 1. The normalized spacial score (nSPS) is 18.0. The molecule has 1 aliphatic heterocycles. The number of aliphatic carboxylic acids is 1. The van der Waals surface area contributed by atoms with Gasteiger partial charge in [0.05, 0.1) is 62.6 Å². The zero-order chi connectivity index (χ0) is 61.6. The number of halogens is 6. The maximum Gasteiger partial charge on any atom is 0.323 e. The second-order valence-electron chi connectivity index (χ2n) is 22.5. The molecule has 2 aliphatic rings. The molecule has 85 heavy (non-hydrogen) atoms. The van der Waals surface area contributed by atoms with Crippen LogP contribution in [0.25, 0.3) is 11.3 Å². The van der Waals surface area contributed by atoms with Crippen LogP contribution >= 0.6 is 23.2 Å². The summed E-state index contributed by atoms with van der Waals surface area (Å²) in [4.78, 5) is 80.4. The number of hydrogen-bond donors (Lipinski definition) is 4. The van der Waals surface area contributed by atoms with Crippen LogP contribution in [-0.4, -0.2) is 167 Å². The Morgan fingerprint density at radius 2 is 1.47 bits per heavy atom. The Labute approximate surface area is 504 Å². The maximum atomic E-state index is 14.8. The average Bonchev–Trinajstić information content (AvgIpc) is 3.28. The number of carbonyl (C=O) groups is 5. The molecule has 0 spiro atoms. The zero-order valence-electron chi connectivity index (χ0n) is 48.8. The first-order chi connectivity index (χ1) is 40.4. The monoisotopic (exact) mass is 1220 g/mol. The molecule has 4 amide bonds. The number of ether oxygens (including phenoxy) is 2. The van der Waals surface area contributed by atoms with Crippen molar-refractivity contribution >= 4 is 52.8 Å². The molecule has 5 aromatic rings. The van der Waals surface area contributed by atoms with E-state index in [0.29, 0.717) is 46.5 Å². The molecule has 1 aliphatic carbocycles. The number of carboxylic acid groups (broad SMARTS) is 1. The summed E-state index contributed by atoms with van der Waals surface area (Å²) in [6.07, 6.45) is 4.31. The van der Waals surface area contributed by atoms with Gasteiger partial charge in [-0.1, -0.05) is 84.6 Å². The number of nitrogens with one attached hydrogen (secondary N) is 3. The van der Waals surface area contributed by atoms with Gasteiger partial charge in [0.1, 0.15) is 23.4 Å². The van der Waals surface area contributed by atoms with Crippen LogP contribution in [0, 0.1) is 5.92 Å². The van der Waals surface area contributed by atoms with Crippen molar-refractivity contribution in [1.29, 1.82) is 0 Å². The van der Waals surface area contributed by atoms with Crippen molar-refractivity contribution in [3.63, 3.8) is 0 Å². The molecule has 4 unspecified atom stereocenters. The number of amides is 4. The fraction of sp³-hybridized carbons (Fsp3) is 0.484. The molecule has 1 saturated carbocycles. The third kappa shape index (κ3) is 18.2. The summed E-state index contributed by atoms with van der Waals surface area (Å²) in [5.74, 6) is -10.7. The molecule has 6 atom stereocenters. The van der Waals surface area contributed by atoms with Crippen molar-refractivity contribution in [2.45, 2.75) is 119 Å². The lowest BCUT2D eigenvalue weighted by molar-refractivity contribution is -0.172. The van der Waals surface area contributed by atoms with E-state index < -0.39 is 84.8 Å². The van der Waals surface area contributed by atoms with Gasteiger partial charge in [0, 0.05) is 74.5 Å². The Morgan fingerprint density at radius 1 is 0.812 bits per heavy atom. The number of methoxy groups -OCH3 is 1. The van der Waals surface area contributed by atoms with Gasteiger partial charge in [-0.3, -0.25) is 28.9 Å². The fourth-order valence-electron chi connectivity index (χ4n) is 11.1. The van der Waals surface area contributed by atoms with Crippen LogP contribution in [0.15, 0.2) is 103 Å². The van der Waals surface area contributed by atoms with E-state index >= 15 is 0 Å². The van der Waals surface area contributed by atoms with E-state index in [1.54, 1.807) is 66.5 Å². The summed E-state index contributed by atoms with van der Waals surface area (Å²) in [5.41, 5.74) is 3.95. The number of imidazole rings is 1. The summed E-state index contributed by atoms with van der Waals surface area (Å²) in [5, 5.41) is 19.8. The highest BCUT2D eigenvalue weighted by Gasteiger charge is 2.62. The lowest BCUT2D eigenvalue weighted by atomic mass is 9.87. The summed E-state index contributed by atoms with van der Waals surface area (Å²) in [6, 6.07) is 24.3. The largest absolute Gasteiger partial charge is 0.481 e. The van der Waals surface area contributed by atoms with Gasteiger partial charge in [-0.05, 0) is 119 Å². The minimum atomic E-state index is -4.22. The number of rotatable bonds is 29. The highest BCUT2D eigenvalue weighted by atomic mass is 35.5. The lowest BCUT2D eigenvalue weighted by Crippen LogP contribution is -2.57. The van der Waals surface area contributed by atoms with Gasteiger partial charge in [-0.15, -0.1) is 0 Å². The number of nitrogens with zero attached hydrogens (tertiary/aromatic N) is 6. The van der Waals surface area contributed by atoms with Gasteiger partial charge in [0.25, 0.3) is 0 Å². The molecule has 460 valence electrons. The second-order valence-corrected chi connectivity index (χ2v) is 23.4. The highest BCUT2D eigenvalue weighted by Crippen LogP contribution is 2.41. The van der Waals surface area contributed by atoms with Crippen LogP contribution in [0.4, 0.5) is 17.6 Å². The average molecular weight is 1220 g/mol. The summed E-state index contributed by atoms with van der Waals surface area (Å²) in [7, 11) is 10.4. The Kier molecular flexibility index (Phi) is 23.4. The molecular weight excluding hydrogens is 1150 g/mol. The van der Waals surface area contributed by atoms with Crippen molar-refractivity contribution in [3.05, 3.63) is 136 Å². The van der Waals surface area contributed by atoms with E-state index in [1.165, 1.54) is 19.1 Å². The van der Waals surface area contributed by atoms with E-state index in [9.17, 15) is 46.6 Å². The first-order valence-electron chi connectivity index (χ1n) is 28.5. The highest BCUT2D eigenvalue weighted by molar-refractivity contribution is 6.31. The summed E-state index contributed by atoms with van der Waals surface area (Å²) in [6.45, 7) is -2.12. The van der Waals surface area contributed by atoms with E-state index in [4.69, 9.17) is 32.7 Å². The Bertz CT molecular complexity index is 3030. The molecular formula is C62H77Cl2F4N9O8. The molecule has 2 fully saturated rings. The number of carbonyl (C=O) groups excluding carboxylic acids is 4. The molecule has 1 aromatic heterocycles. The van der Waals surface area contributed by atoms with Crippen LogP contribution < -0.4 is 20.7 Å². The Morgan fingerprint density at radius 3 is 2.13 bits per heavy atom. The van der Waals surface area contributed by atoms with Crippen LogP contribution in [0.2, 0.25) is 10.0 Å². The third-order valence-corrected chi connectivity index (χ3v) is 16.3. The van der Waals surface area contributed by atoms with E-state index in [0.717, 1.165) is 46.0 Å². The first-order valence-corrected chi connectivity index (χ1v) is 29.2. The first kappa shape index (κ1) is 65.9. The third-order valence-electron chi connectivity index (χ3n) is 15.8. The summed E-state index contributed by atoms with van der Waals surface area (Å²) < 4.78 is 71.0. The molecule has 0 radical (unpaired) electrons. The van der Waals surface area contributed by atoms with Gasteiger partial charge in [0.15, 0.2) is 0 Å². The Hall–Kier alpha value is -6.62. The predicted molar refractivity (Wildman–Crippen MR) is 317 cm³/mol. The zero-order valence-corrected chi connectivity index (χ0v) is 50.4. The number of hydrogen-bond acceptors (Lipinski definition) is 11. The number of alkyl halides is 4. The molecule has 1 saturated heterocycles. The van der Waals surface area contributed by atoms with Crippen molar-refractivity contribution in [2.24, 2.45) is 13.0 Å². The molecule has 17 nitrogen and oxygen atoms in total. The molecule has 7 rings (SSSR count). The van der Waals surface area contributed by atoms with E-state index in [-0.39, 0.29) is 64.1 Å². The SMILES string of the molecule is COCC(NC(=O)C(CCCN1CC(F)(F)C(F)(F)C1)NCc1ccc(Cl)cc1Oc1ccc(-c2cnc(CN(C)C)n2C)cc1)C(=O)N(C)C(CC(=O)N[C@H]1CCCC[C@@H]1N(C)C(=O)C(CC(=O)O)Cc1ccccc1)Cc1ccc(Cl)cc1. The second kappa shape index (κ2) is 30.1. The molecule has 2 heterocycles. The smallest absolute Gasteiger partial charge is 0.323 e. The van der Waals surface area contributed by atoms with Gasteiger partial charge in [0.2, 0.25) is 23.6 Å². The molecule has 0 bridgehead atoms. The van der Waals surface area contributed by atoms with Gasteiger partial charge in [-0.25, -0.2) is 4.98 Å². The van der Waals surface area contributed by atoms with Crippen molar-refractivity contribution in [2.75, 3.05) is 61.5 Å². The van der Waals surface area contributed by atoms with Crippen molar-refractivity contribution in [1.82, 2.24) is 45.1 Å². The minimum Gasteiger partial charge on any atom is -0.481 e. The van der Waals surface area contributed by atoms with Gasteiger partial charge >= 0.3 is 17.8 Å². The molecule has 4 aromatic carbocycles. The number of likely N-dealkylation sites (N-methyl/N-ethyl adjacent to an activating group) is 2. The van der Waals surface area contributed by atoms with Gasteiger partial charge in [-0.2, -0.15) is 17.6 Å². The van der Waals surface area contributed by atoms with Crippen LogP contribution in [0.1, 0.15) is 73.9 Å². The fourth-order valence-corrected chi connectivity index (χ4v) is 11.4. The predicted octanol–water partition coefficient (Wildman–Crippen LogP) is 8.88. The van der Waals surface area contributed by atoms with Crippen molar-refractivity contribution < 1.29 is 56.1 Å². The molecule has 23 heteroatoms. The van der Waals surface area contributed by atoms with Crippen molar-refractivity contribution in [3.8, 4) is 22.8 Å². The van der Waals surface area contributed by atoms with Crippen LogP contribution in [-0.2, 0) is 61.7 Å². The number of benzene rings is 4. The minimum absolute atomic E-state index is 0.00429. The number of aromatic nitrogens is 2. The van der Waals surface area contributed by atoms with E-state index in [1.807, 2.05) is 79.3 Å². The lowest BCUT2D eigenvalue weighted by Gasteiger charge is -2.40. The van der Waals surface area contributed by atoms with Crippen LogP contribution in [0.5, 0.6) is 11.5 Å². The van der Waals surface area contributed by atoms with Crippen LogP contribution in [0.3, 0.4) is 0 Å². The number of likely N-dealkylation sites (tertiary alicyclic amines) is 1. The van der Waals surface area contributed by atoms with Gasteiger partial charge < -0.3 is 49.8 Å². The van der Waals surface area contributed by atoms with E-state index in [2.05, 4.69) is 20.9 Å². The topological polar surface area (TPSA) is 191 Å².